The molecule has 0 saturated carbocycles. The molecule has 0 aromatic heterocycles. The van der Waals surface area contributed by atoms with E-state index < -0.39 is 17.7 Å². The zero-order chi connectivity index (χ0) is 15.3. The van der Waals surface area contributed by atoms with Crippen molar-refractivity contribution in [1.82, 2.24) is 0 Å². The van der Waals surface area contributed by atoms with Gasteiger partial charge in [0, 0.05) is 0 Å². The molecule has 0 aliphatic carbocycles. The monoisotopic (exact) mass is 282 g/mol. The maximum absolute atomic E-state index is 11.7. The Balaban J connectivity index is 2.88. The fraction of sp³-hybridized carbons (Fsp3) is 0.500. The van der Waals surface area contributed by atoms with Gasteiger partial charge in [-0.1, -0.05) is 6.07 Å². The predicted molar refractivity (Wildman–Crippen MR) is 76.9 cm³/mol. The van der Waals surface area contributed by atoms with Crippen LogP contribution in [0.5, 0.6) is 5.75 Å². The van der Waals surface area contributed by atoms with Crippen molar-refractivity contribution in [3.63, 3.8) is 0 Å². The third kappa shape index (κ3) is 4.71. The number of aliphatic hydroxyl groups is 1. The number of aliphatic hydroxyl groups excluding tert-OH is 1. The largest absolute Gasteiger partial charge is 0.495 e. The second-order valence-electron chi connectivity index (χ2n) is 5.38. The van der Waals surface area contributed by atoms with E-state index in [1.165, 1.54) is 7.11 Å². The van der Waals surface area contributed by atoms with E-state index in [0.717, 1.165) is 5.56 Å². The first-order valence-electron chi connectivity index (χ1n) is 6.31. The van der Waals surface area contributed by atoms with Crippen molar-refractivity contribution in [2.75, 3.05) is 19.0 Å². The minimum absolute atomic E-state index is 0.165. The number of carbonyl (C=O) groups is 1. The molecule has 1 rings (SSSR count). The summed E-state index contributed by atoms with van der Waals surface area (Å²) >= 11 is 0. The van der Waals surface area contributed by atoms with Gasteiger partial charge < -0.3 is 20.3 Å². The summed E-state index contributed by atoms with van der Waals surface area (Å²) < 4.78 is 10.4. The van der Waals surface area contributed by atoms with Gasteiger partial charge in [-0.05, 0) is 38.5 Å². The molecule has 20 heavy (non-hydrogen) atoms. The van der Waals surface area contributed by atoms with Crippen molar-refractivity contribution >= 4 is 11.8 Å². The molecule has 6 nitrogen and oxygen atoms in total. The first-order chi connectivity index (χ1) is 9.26. The van der Waals surface area contributed by atoms with Crippen molar-refractivity contribution in [3.05, 3.63) is 23.8 Å². The number of carbonyl (C=O) groups excluding carboxylic acids is 1. The molecule has 112 valence electrons. The van der Waals surface area contributed by atoms with Crippen LogP contribution < -0.4 is 15.8 Å². The maximum Gasteiger partial charge on any atom is 0.412 e. The summed E-state index contributed by atoms with van der Waals surface area (Å²) in [4.78, 5) is 11.7. The maximum atomic E-state index is 11.7. The van der Waals surface area contributed by atoms with Crippen molar-refractivity contribution in [2.45, 2.75) is 32.4 Å². The highest BCUT2D eigenvalue weighted by atomic mass is 16.6. The van der Waals surface area contributed by atoms with Gasteiger partial charge in [0.05, 0.1) is 25.4 Å². The topological polar surface area (TPSA) is 93.8 Å². The highest BCUT2D eigenvalue weighted by molar-refractivity contribution is 5.87. The van der Waals surface area contributed by atoms with E-state index in [9.17, 15) is 4.79 Å². The number of hydrogen-bond donors (Lipinski definition) is 3. The van der Waals surface area contributed by atoms with Crippen LogP contribution in [0.25, 0.3) is 0 Å². The van der Waals surface area contributed by atoms with Gasteiger partial charge in [-0.2, -0.15) is 0 Å². The fourth-order valence-corrected chi connectivity index (χ4v) is 1.56. The Morgan fingerprint density at radius 1 is 1.45 bits per heavy atom. The fourth-order valence-electron chi connectivity index (χ4n) is 1.56. The standard InChI is InChI=1S/C14H22N2O4/c1-14(2,3)20-13(18)16-11-6-5-9(10(15)8-17)7-12(11)19-4/h5-7,10,17H,8,15H2,1-4H3,(H,16,18)/t10-/m0/s1. The van der Waals surface area contributed by atoms with E-state index in [0.29, 0.717) is 11.4 Å². The lowest BCUT2D eigenvalue weighted by atomic mass is 10.1. The van der Waals surface area contributed by atoms with Crippen molar-refractivity contribution < 1.29 is 19.4 Å². The van der Waals surface area contributed by atoms with Gasteiger partial charge in [-0.25, -0.2) is 4.79 Å². The van der Waals surface area contributed by atoms with Gasteiger partial charge in [0.1, 0.15) is 11.4 Å². The number of ether oxygens (including phenoxy) is 2. The summed E-state index contributed by atoms with van der Waals surface area (Å²) in [5.41, 5.74) is 6.37. The van der Waals surface area contributed by atoms with Gasteiger partial charge in [0.25, 0.3) is 0 Å². The Morgan fingerprint density at radius 2 is 2.10 bits per heavy atom. The first-order valence-corrected chi connectivity index (χ1v) is 6.31. The van der Waals surface area contributed by atoms with Crippen molar-refractivity contribution in [3.8, 4) is 5.75 Å². The van der Waals surface area contributed by atoms with Crippen LogP contribution in [0.15, 0.2) is 18.2 Å². The molecule has 0 saturated heterocycles. The van der Waals surface area contributed by atoms with Gasteiger partial charge >= 0.3 is 6.09 Å². The Kier molecular flexibility index (Phi) is 5.35. The smallest absolute Gasteiger partial charge is 0.412 e. The van der Waals surface area contributed by atoms with Crippen LogP contribution in [0.4, 0.5) is 10.5 Å². The second-order valence-corrected chi connectivity index (χ2v) is 5.38. The molecule has 0 radical (unpaired) electrons. The highest BCUT2D eigenvalue weighted by Crippen LogP contribution is 2.28. The summed E-state index contributed by atoms with van der Waals surface area (Å²) in [6.07, 6.45) is -0.560. The summed E-state index contributed by atoms with van der Waals surface area (Å²) in [6, 6.07) is 4.57. The number of nitrogens with two attached hydrogens (primary N) is 1. The number of rotatable bonds is 4. The first kappa shape index (κ1) is 16.3. The molecule has 1 aromatic rings. The molecule has 1 aromatic carbocycles. The van der Waals surface area contributed by atoms with E-state index in [1.54, 1.807) is 39.0 Å². The molecule has 0 spiro atoms. The summed E-state index contributed by atoms with van der Waals surface area (Å²) in [7, 11) is 1.49. The minimum Gasteiger partial charge on any atom is -0.495 e. The molecule has 0 aliphatic heterocycles. The van der Waals surface area contributed by atoms with Gasteiger partial charge in [0.2, 0.25) is 0 Å². The van der Waals surface area contributed by atoms with Crippen LogP contribution in [-0.4, -0.2) is 30.5 Å². The minimum atomic E-state index is -0.573. The molecule has 6 heteroatoms. The zero-order valence-electron chi connectivity index (χ0n) is 12.3. The van der Waals surface area contributed by atoms with Crippen LogP contribution in [0.3, 0.4) is 0 Å². The lowest BCUT2D eigenvalue weighted by Crippen LogP contribution is -2.27. The number of methoxy groups -OCH3 is 1. The molecule has 4 N–H and O–H groups in total. The van der Waals surface area contributed by atoms with E-state index in [2.05, 4.69) is 5.32 Å². The van der Waals surface area contributed by atoms with E-state index in [4.69, 9.17) is 20.3 Å². The van der Waals surface area contributed by atoms with Crippen molar-refractivity contribution in [2.24, 2.45) is 5.73 Å². The molecule has 0 heterocycles. The normalized spacial score (nSPS) is 12.7. The van der Waals surface area contributed by atoms with Crippen LogP contribution >= 0.6 is 0 Å². The van der Waals surface area contributed by atoms with Gasteiger partial charge in [-0.3, -0.25) is 5.32 Å². The van der Waals surface area contributed by atoms with Crippen LogP contribution in [-0.2, 0) is 4.74 Å². The van der Waals surface area contributed by atoms with Crippen LogP contribution in [0, 0.1) is 0 Å². The third-order valence-corrected chi connectivity index (χ3v) is 2.49. The van der Waals surface area contributed by atoms with Crippen LogP contribution in [0.1, 0.15) is 32.4 Å². The van der Waals surface area contributed by atoms with E-state index in [-0.39, 0.29) is 6.61 Å². The number of amides is 1. The quantitative estimate of drug-likeness (QED) is 0.785. The summed E-state index contributed by atoms with van der Waals surface area (Å²) in [5, 5.41) is 11.7. The number of hydrogen-bond acceptors (Lipinski definition) is 5. The average Bonchev–Trinajstić information content (AvgIpc) is 2.36. The molecular weight excluding hydrogens is 260 g/mol. The predicted octanol–water partition coefficient (Wildman–Crippen LogP) is 2.03. The Hall–Kier alpha value is -1.79. The summed E-state index contributed by atoms with van der Waals surface area (Å²) in [6.45, 7) is 5.19. The molecule has 0 bridgehead atoms. The third-order valence-electron chi connectivity index (χ3n) is 2.49. The number of benzene rings is 1. The highest BCUT2D eigenvalue weighted by Gasteiger charge is 2.18. The molecule has 0 aliphatic rings. The molecular formula is C14H22N2O4. The molecule has 0 unspecified atom stereocenters. The lowest BCUT2D eigenvalue weighted by Gasteiger charge is -2.20. The van der Waals surface area contributed by atoms with E-state index >= 15 is 0 Å². The number of anilines is 1. The Bertz CT molecular complexity index is 469. The van der Waals surface area contributed by atoms with Gasteiger partial charge in [-0.15, -0.1) is 0 Å². The summed E-state index contributed by atoms with van der Waals surface area (Å²) in [5.74, 6) is 0.456. The zero-order valence-corrected chi connectivity index (χ0v) is 12.3. The Morgan fingerprint density at radius 3 is 2.60 bits per heavy atom. The van der Waals surface area contributed by atoms with Gasteiger partial charge in [0.15, 0.2) is 0 Å². The van der Waals surface area contributed by atoms with Crippen LogP contribution in [0.2, 0.25) is 0 Å². The molecule has 1 amide bonds. The molecule has 1 atom stereocenters. The second kappa shape index (κ2) is 6.58. The average molecular weight is 282 g/mol. The molecule has 0 fully saturated rings. The van der Waals surface area contributed by atoms with Crippen molar-refractivity contribution in [1.29, 1.82) is 0 Å². The Labute approximate surface area is 118 Å². The number of nitrogens with one attached hydrogen (secondary N) is 1. The van der Waals surface area contributed by atoms with E-state index in [1.807, 2.05) is 0 Å². The SMILES string of the molecule is COc1cc([C@@H](N)CO)ccc1NC(=O)OC(C)(C)C. The lowest BCUT2D eigenvalue weighted by molar-refractivity contribution is 0.0635.